The highest BCUT2D eigenvalue weighted by Gasteiger charge is 1.90. The first kappa shape index (κ1) is 11.8. The van der Waals surface area contributed by atoms with Crippen LogP contribution >= 0.6 is 12.6 Å². The minimum absolute atomic E-state index is 0.961. The molecule has 0 saturated carbocycles. The van der Waals surface area contributed by atoms with E-state index in [1.54, 1.807) is 0 Å². The van der Waals surface area contributed by atoms with Crippen LogP contribution in [0.4, 0.5) is 0 Å². The number of benzene rings is 2. The van der Waals surface area contributed by atoms with Crippen LogP contribution in [0.1, 0.15) is 23.6 Å². The summed E-state index contributed by atoms with van der Waals surface area (Å²) in [6.45, 7) is 2.15. The minimum atomic E-state index is 0.961. The summed E-state index contributed by atoms with van der Waals surface area (Å²) in [5, 5.41) is 0. The predicted octanol–water partition coefficient (Wildman–Crippen LogP) is 3.94. The summed E-state index contributed by atoms with van der Waals surface area (Å²) in [4.78, 5) is 0.961. The average Bonchev–Trinajstić information content (AvgIpc) is 2.39. The van der Waals surface area contributed by atoms with Gasteiger partial charge in [0.2, 0.25) is 0 Å². The fraction of sp³-hybridized carbons (Fsp3) is 0.125. The number of thiol groups is 1. The van der Waals surface area contributed by atoms with Crippen LogP contribution in [0.2, 0.25) is 0 Å². The van der Waals surface area contributed by atoms with Gasteiger partial charge >= 0.3 is 0 Å². The summed E-state index contributed by atoms with van der Waals surface area (Å²) in [5.41, 5.74) is 3.41. The molecular weight excluding hydrogens is 224 g/mol. The Morgan fingerprint density at radius 2 is 1.29 bits per heavy atom. The van der Waals surface area contributed by atoms with E-state index in [1.165, 1.54) is 5.56 Å². The van der Waals surface area contributed by atoms with Gasteiger partial charge in [0.05, 0.1) is 0 Å². The van der Waals surface area contributed by atoms with E-state index in [9.17, 15) is 0 Å². The zero-order chi connectivity index (χ0) is 12.1. The van der Waals surface area contributed by atoms with E-state index in [0.29, 0.717) is 0 Å². The molecule has 0 saturated heterocycles. The summed E-state index contributed by atoms with van der Waals surface area (Å²) in [5.74, 6) is 6.30. The molecule has 0 radical (unpaired) electrons. The SMILES string of the molecule is CCc1ccc(C#Cc2ccc(S)cc2)cc1. The van der Waals surface area contributed by atoms with Crippen molar-refractivity contribution in [3.8, 4) is 11.8 Å². The van der Waals surface area contributed by atoms with Crippen LogP contribution in [0.15, 0.2) is 53.4 Å². The summed E-state index contributed by atoms with van der Waals surface area (Å²) in [6.07, 6.45) is 1.07. The third kappa shape index (κ3) is 3.41. The van der Waals surface area contributed by atoms with E-state index in [-0.39, 0.29) is 0 Å². The van der Waals surface area contributed by atoms with Crippen LogP contribution in [0.5, 0.6) is 0 Å². The number of rotatable bonds is 1. The van der Waals surface area contributed by atoms with Crippen molar-refractivity contribution < 1.29 is 0 Å². The quantitative estimate of drug-likeness (QED) is 0.564. The van der Waals surface area contributed by atoms with Crippen LogP contribution in [-0.2, 0) is 6.42 Å². The lowest BCUT2D eigenvalue weighted by Gasteiger charge is -1.95. The van der Waals surface area contributed by atoms with Crippen molar-refractivity contribution in [2.24, 2.45) is 0 Å². The summed E-state index contributed by atoms with van der Waals surface area (Å²) < 4.78 is 0. The van der Waals surface area contributed by atoms with Gasteiger partial charge in [-0.15, -0.1) is 12.6 Å². The van der Waals surface area contributed by atoms with Crippen LogP contribution in [0.25, 0.3) is 0 Å². The molecule has 17 heavy (non-hydrogen) atoms. The van der Waals surface area contributed by atoms with E-state index in [1.807, 2.05) is 24.3 Å². The Morgan fingerprint density at radius 3 is 1.76 bits per heavy atom. The lowest BCUT2D eigenvalue weighted by Crippen LogP contribution is -1.80. The molecular formula is C16H14S. The van der Waals surface area contributed by atoms with Crippen LogP contribution in [0, 0.1) is 11.8 Å². The van der Waals surface area contributed by atoms with Gasteiger partial charge in [0.15, 0.2) is 0 Å². The molecule has 0 aliphatic carbocycles. The van der Waals surface area contributed by atoms with Crippen molar-refractivity contribution in [2.45, 2.75) is 18.2 Å². The van der Waals surface area contributed by atoms with Gasteiger partial charge in [-0.2, -0.15) is 0 Å². The van der Waals surface area contributed by atoms with E-state index in [0.717, 1.165) is 22.4 Å². The maximum absolute atomic E-state index is 4.24. The number of hydrogen-bond donors (Lipinski definition) is 1. The topological polar surface area (TPSA) is 0 Å². The highest BCUT2D eigenvalue weighted by atomic mass is 32.1. The Balaban J connectivity index is 2.17. The maximum Gasteiger partial charge on any atom is 0.0249 e. The van der Waals surface area contributed by atoms with Crippen molar-refractivity contribution >= 4 is 12.6 Å². The maximum atomic E-state index is 4.24. The van der Waals surface area contributed by atoms with Gasteiger partial charge in [0.25, 0.3) is 0 Å². The predicted molar refractivity (Wildman–Crippen MR) is 75.5 cm³/mol. The van der Waals surface area contributed by atoms with Gasteiger partial charge in [-0.05, 0) is 48.4 Å². The molecule has 2 aromatic rings. The number of aryl methyl sites for hydroxylation is 1. The fourth-order valence-corrected chi connectivity index (χ4v) is 1.66. The minimum Gasteiger partial charge on any atom is -0.143 e. The molecule has 2 rings (SSSR count). The Labute approximate surface area is 108 Å². The highest BCUT2D eigenvalue weighted by molar-refractivity contribution is 7.80. The Kier molecular flexibility index (Phi) is 3.90. The first-order valence-electron chi connectivity index (χ1n) is 5.68. The van der Waals surface area contributed by atoms with Gasteiger partial charge < -0.3 is 0 Å². The third-order valence-electron chi connectivity index (χ3n) is 2.58. The van der Waals surface area contributed by atoms with Crippen molar-refractivity contribution in [1.82, 2.24) is 0 Å². The van der Waals surface area contributed by atoms with Gasteiger partial charge in [-0.3, -0.25) is 0 Å². The monoisotopic (exact) mass is 238 g/mol. The normalized spacial score (nSPS) is 9.53. The molecule has 0 N–H and O–H groups in total. The molecule has 0 aromatic heterocycles. The molecule has 0 heterocycles. The number of hydrogen-bond acceptors (Lipinski definition) is 1. The largest absolute Gasteiger partial charge is 0.143 e. The summed E-state index contributed by atoms with van der Waals surface area (Å²) >= 11 is 4.24. The first-order chi connectivity index (χ1) is 8.28. The molecule has 0 amide bonds. The van der Waals surface area contributed by atoms with Crippen LogP contribution in [-0.4, -0.2) is 0 Å². The molecule has 0 spiro atoms. The second-order valence-corrected chi connectivity index (χ2v) is 4.36. The van der Waals surface area contributed by atoms with E-state index >= 15 is 0 Å². The van der Waals surface area contributed by atoms with Crippen molar-refractivity contribution in [3.05, 3.63) is 65.2 Å². The van der Waals surface area contributed by atoms with Crippen molar-refractivity contribution in [1.29, 1.82) is 0 Å². The second-order valence-electron chi connectivity index (χ2n) is 3.85. The van der Waals surface area contributed by atoms with Crippen molar-refractivity contribution in [3.63, 3.8) is 0 Å². The highest BCUT2D eigenvalue weighted by Crippen LogP contribution is 2.07. The van der Waals surface area contributed by atoms with Crippen molar-refractivity contribution in [2.75, 3.05) is 0 Å². The molecule has 0 atom stereocenters. The van der Waals surface area contributed by atoms with Crippen LogP contribution < -0.4 is 0 Å². The Bertz CT molecular complexity index is 539. The second kappa shape index (κ2) is 5.61. The average molecular weight is 238 g/mol. The summed E-state index contributed by atoms with van der Waals surface area (Å²) in [6, 6.07) is 16.3. The molecule has 0 bridgehead atoms. The smallest absolute Gasteiger partial charge is 0.0249 e. The molecule has 0 unspecified atom stereocenters. The van der Waals surface area contributed by atoms with Gasteiger partial charge in [-0.25, -0.2) is 0 Å². The first-order valence-corrected chi connectivity index (χ1v) is 6.12. The molecule has 0 nitrogen and oxygen atoms in total. The van der Waals surface area contributed by atoms with E-state index in [4.69, 9.17) is 0 Å². The summed E-state index contributed by atoms with van der Waals surface area (Å²) in [7, 11) is 0. The fourth-order valence-electron chi connectivity index (χ4n) is 1.51. The standard InChI is InChI=1S/C16H14S/c1-2-13-3-5-14(6-4-13)7-8-15-9-11-16(17)12-10-15/h3-6,9-12,17H,2H2,1H3. The Morgan fingerprint density at radius 1 is 0.824 bits per heavy atom. The molecule has 0 aliphatic rings. The van der Waals surface area contributed by atoms with E-state index < -0.39 is 0 Å². The van der Waals surface area contributed by atoms with Gasteiger partial charge in [0, 0.05) is 16.0 Å². The lowest BCUT2D eigenvalue weighted by molar-refractivity contribution is 1.14. The van der Waals surface area contributed by atoms with E-state index in [2.05, 4.69) is 55.7 Å². The third-order valence-corrected chi connectivity index (χ3v) is 2.88. The zero-order valence-electron chi connectivity index (χ0n) is 9.77. The zero-order valence-corrected chi connectivity index (χ0v) is 10.7. The molecule has 84 valence electrons. The Hall–Kier alpha value is -1.65. The molecule has 2 aromatic carbocycles. The van der Waals surface area contributed by atoms with Gasteiger partial charge in [-0.1, -0.05) is 30.9 Å². The van der Waals surface area contributed by atoms with Gasteiger partial charge in [0.1, 0.15) is 0 Å². The molecule has 1 heteroatoms. The molecule has 0 fully saturated rings. The molecule has 0 aliphatic heterocycles. The van der Waals surface area contributed by atoms with Crippen LogP contribution in [0.3, 0.4) is 0 Å². The lowest BCUT2D eigenvalue weighted by atomic mass is 10.1.